The molecule has 1 nitrogen and oxygen atoms in total. The molecular weight excluding hydrogens is 275 g/mol. The number of hydrogen-bond donors (Lipinski definition) is 0. The van der Waals surface area contributed by atoms with Crippen molar-refractivity contribution in [1.82, 2.24) is 0 Å². The van der Waals surface area contributed by atoms with Crippen LogP contribution in [0.5, 0.6) is 5.75 Å². The molecule has 0 radical (unpaired) electrons. The summed E-state index contributed by atoms with van der Waals surface area (Å²) in [6.45, 7) is 0.784. The van der Waals surface area contributed by atoms with Gasteiger partial charge in [0, 0.05) is 22.6 Å². The van der Waals surface area contributed by atoms with Crippen molar-refractivity contribution >= 4 is 35.0 Å². The van der Waals surface area contributed by atoms with Crippen molar-refractivity contribution in [3.05, 3.63) is 28.3 Å². The van der Waals surface area contributed by atoms with Gasteiger partial charge in [0.1, 0.15) is 5.75 Å². The number of thioether (sulfide) groups is 1. The molecule has 0 aliphatic carbocycles. The van der Waals surface area contributed by atoms with Gasteiger partial charge in [-0.2, -0.15) is 11.8 Å². The maximum atomic E-state index is 6.32. The zero-order chi connectivity index (χ0) is 11.8. The fourth-order valence-electron chi connectivity index (χ4n) is 2.54. The molecule has 0 spiro atoms. The van der Waals surface area contributed by atoms with Crippen LogP contribution in [0.15, 0.2) is 12.1 Å². The minimum atomic E-state index is 0.288. The van der Waals surface area contributed by atoms with Crippen LogP contribution in [-0.2, 0) is 12.8 Å². The maximum Gasteiger partial charge on any atom is 0.125 e. The second-order valence-corrected chi connectivity index (χ2v) is 6.74. The van der Waals surface area contributed by atoms with Crippen LogP contribution in [0.2, 0.25) is 5.02 Å². The molecule has 2 atom stereocenters. The SMILES string of the molecule is Clc1cc2c(c(CC3CSCC3Cl)c1)OCC2. The molecule has 1 fully saturated rings. The second kappa shape index (κ2) is 4.91. The van der Waals surface area contributed by atoms with Gasteiger partial charge in [0.25, 0.3) is 0 Å². The van der Waals surface area contributed by atoms with E-state index in [9.17, 15) is 0 Å². The average Bonchev–Trinajstić information content (AvgIpc) is 2.88. The van der Waals surface area contributed by atoms with E-state index in [1.54, 1.807) is 0 Å². The first-order valence-electron chi connectivity index (χ1n) is 5.90. The molecule has 1 aromatic carbocycles. The molecule has 2 aliphatic rings. The number of ether oxygens (including phenoxy) is 1. The highest BCUT2D eigenvalue weighted by Crippen LogP contribution is 2.37. The molecule has 0 amide bonds. The average molecular weight is 289 g/mol. The zero-order valence-corrected chi connectivity index (χ0v) is 11.7. The van der Waals surface area contributed by atoms with Gasteiger partial charge < -0.3 is 4.74 Å². The maximum absolute atomic E-state index is 6.32. The normalized spacial score (nSPS) is 26.9. The van der Waals surface area contributed by atoms with Gasteiger partial charge in [0.2, 0.25) is 0 Å². The molecule has 0 saturated carbocycles. The van der Waals surface area contributed by atoms with Crippen molar-refractivity contribution in [1.29, 1.82) is 0 Å². The van der Waals surface area contributed by atoms with Crippen LogP contribution >= 0.6 is 35.0 Å². The molecule has 17 heavy (non-hydrogen) atoms. The summed E-state index contributed by atoms with van der Waals surface area (Å²) in [5, 5.41) is 1.11. The van der Waals surface area contributed by atoms with Gasteiger partial charge in [-0.1, -0.05) is 11.6 Å². The van der Waals surface area contributed by atoms with Crippen LogP contribution < -0.4 is 4.74 Å². The lowest BCUT2D eigenvalue weighted by Gasteiger charge is -2.15. The third-order valence-electron chi connectivity index (χ3n) is 3.43. The predicted molar refractivity (Wildman–Crippen MR) is 74.8 cm³/mol. The van der Waals surface area contributed by atoms with Gasteiger partial charge in [0.05, 0.1) is 6.61 Å². The van der Waals surface area contributed by atoms with Gasteiger partial charge in [0.15, 0.2) is 0 Å². The topological polar surface area (TPSA) is 9.23 Å². The van der Waals surface area contributed by atoms with E-state index in [1.807, 2.05) is 23.9 Å². The Kier molecular flexibility index (Phi) is 3.47. The Bertz CT molecular complexity index is 436. The minimum absolute atomic E-state index is 0.288. The first-order chi connectivity index (χ1) is 8.24. The van der Waals surface area contributed by atoms with Gasteiger partial charge >= 0.3 is 0 Å². The van der Waals surface area contributed by atoms with E-state index >= 15 is 0 Å². The van der Waals surface area contributed by atoms with Crippen molar-refractivity contribution in [3.8, 4) is 5.75 Å². The Morgan fingerprint density at radius 3 is 3.00 bits per heavy atom. The number of rotatable bonds is 2. The molecule has 92 valence electrons. The van der Waals surface area contributed by atoms with Gasteiger partial charge in [-0.3, -0.25) is 0 Å². The standard InChI is InChI=1S/C13H14Cl2OS/c14-11-4-8-1-2-16-13(8)9(5-11)3-10-6-17-7-12(10)15/h4-5,10,12H,1-3,6-7H2. The third-order valence-corrected chi connectivity index (χ3v) is 5.60. The summed E-state index contributed by atoms with van der Waals surface area (Å²) in [6.07, 6.45) is 1.97. The molecule has 2 heterocycles. The van der Waals surface area contributed by atoms with Gasteiger partial charge in [-0.05, 0) is 41.4 Å². The molecule has 1 saturated heterocycles. The Hall–Kier alpha value is -0.0500. The molecule has 2 aliphatic heterocycles. The highest BCUT2D eigenvalue weighted by molar-refractivity contribution is 7.99. The van der Waals surface area contributed by atoms with E-state index in [1.165, 1.54) is 11.1 Å². The van der Waals surface area contributed by atoms with Crippen molar-refractivity contribution in [3.63, 3.8) is 0 Å². The summed E-state index contributed by atoms with van der Waals surface area (Å²) in [5.41, 5.74) is 2.49. The number of fused-ring (bicyclic) bond motifs is 1. The van der Waals surface area contributed by atoms with Gasteiger partial charge in [-0.25, -0.2) is 0 Å². The molecule has 0 N–H and O–H groups in total. The Balaban J connectivity index is 1.87. The summed E-state index contributed by atoms with van der Waals surface area (Å²) in [4.78, 5) is 0. The number of halogens is 2. The third kappa shape index (κ3) is 2.40. The smallest absolute Gasteiger partial charge is 0.125 e. The fourth-order valence-corrected chi connectivity index (χ4v) is 4.64. The number of alkyl halides is 1. The molecule has 0 aromatic heterocycles. The van der Waals surface area contributed by atoms with Crippen molar-refractivity contribution < 1.29 is 4.74 Å². The molecule has 0 bridgehead atoms. The van der Waals surface area contributed by atoms with E-state index in [0.29, 0.717) is 5.92 Å². The Morgan fingerprint density at radius 2 is 2.24 bits per heavy atom. The summed E-state index contributed by atoms with van der Waals surface area (Å²) in [6, 6.07) is 4.06. The zero-order valence-electron chi connectivity index (χ0n) is 9.42. The largest absolute Gasteiger partial charge is 0.493 e. The first-order valence-corrected chi connectivity index (χ1v) is 7.87. The van der Waals surface area contributed by atoms with Crippen LogP contribution in [0.3, 0.4) is 0 Å². The lowest BCUT2D eigenvalue weighted by atomic mass is 9.96. The van der Waals surface area contributed by atoms with E-state index < -0.39 is 0 Å². The molecular formula is C13H14Cl2OS. The van der Waals surface area contributed by atoms with Crippen LogP contribution in [0.4, 0.5) is 0 Å². The number of hydrogen-bond acceptors (Lipinski definition) is 2. The Labute approximate surface area is 116 Å². The predicted octanol–water partition coefficient (Wildman–Crippen LogP) is 3.79. The van der Waals surface area contributed by atoms with Crippen molar-refractivity contribution in [2.24, 2.45) is 5.92 Å². The Morgan fingerprint density at radius 1 is 1.35 bits per heavy atom. The molecule has 4 heteroatoms. The van der Waals surface area contributed by atoms with Crippen LogP contribution in [0.1, 0.15) is 11.1 Å². The summed E-state index contributed by atoms with van der Waals surface area (Å²) >= 11 is 14.4. The highest BCUT2D eigenvalue weighted by Gasteiger charge is 2.28. The lowest BCUT2D eigenvalue weighted by molar-refractivity contribution is 0.351. The highest BCUT2D eigenvalue weighted by atomic mass is 35.5. The van der Waals surface area contributed by atoms with Crippen LogP contribution in [-0.4, -0.2) is 23.5 Å². The molecule has 1 aromatic rings. The van der Waals surface area contributed by atoms with Crippen molar-refractivity contribution in [2.75, 3.05) is 18.1 Å². The van der Waals surface area contributed by atoms with E-state index in [-0.39, 0.29) is 5.38 Å². The van der Waals surface area contributed by atoms with E-state index in [0.717, 1.165) is 41.7 Å². The lowest BCUT2D eigenvalue weighted by Crippen LogP contribution is -2.15. The van der Waals surface area contributed by atoms with Crippen molar-refractivity contribution in [2.45, 2.75) is 18.2 Å². The number of benzene rings is 1. The summed E-state index contributed by atoms with van der Waals surface area (Å²) < 4.78 is 5.72. The van der Waals surface area contributed by atoms with E-state index in [4.69, 9.17) is 27.9 Å². The first kappa shape index (κ1) is 12.0. The molecule has 3 rings (SSSR count). The fraction of sp³-hybridized carbons (Fsp3) is 0.538. The van der Waals surface area contributed by atoms with Crippen LogP contribution in [0.25, 0.3) is 0 Å². The monoisotopic (exact) mass is 288 g/mol. The minimum Gasteiger partial charge on any atom is -0.493 e. The summed E-state index contributed by atoms with van der Waals surface area (Å²) in [7, 11) is 0. The van der Waals surface area contributed by atoms with Gasteiger partial charge in [-0.15, -0.1) is 11.6 Å². The second-order valence-electron chi connectivity index (χ2n) is 4.67. The van der Waals surface area contributed by atoms with E-state index in [2.05, 4.69) is 0 Å². The summed E-state index contributed by atoms with van der Waals surface area (Å²) in [5.74, 6) is 3.83. The van der Waals surface area contributed by atoms with Crippen LogP contribution in [0, 0.1) is 5.92 Å². The molecule has 2 unspecified atom stereocenters. The quantitative estimate of drug-likeness (QED) is 0.766.